The summed E-state index contributed by atoms with van der Waals surface area (Å²) in [6.45, 7) is 6.39. The Morgan fingerprint density at radius 3 is 2.32 bits per heavy atom. The van der Waals surface area contributed by atoms with Crippen molar-refractivity contribution in [1.82, 2.24) is 0 Å². The summed E-state index contributed by atoms with van der Waals surface area (Å²) in [4.78, 5) is 12.2. The molecule has 0 atom stereocenters. The number of carbonyl (C=O) groups is 1. The second-order valence-electron chi connectivity index (χ2n) is 5.24. The van der Waals surface area contributed by atoms with Gasteiger partial charge < -0.3 is 4.42 Å². The molecule has 19 heavy (non-hydrogen) atoms. The van der Waals surface area contributed by atoms with Crippen LogP contribution >= 0.6 is 0 Å². The lowest BCUT2D eigenvalue weighted by molar-refractivity contribution is 0.101. The molecule has 2 heteroatoms. The average molecular weight is 256 g/mol. The van der Waals surface area contributed by atoms with Crippen LogP contribution in [0.1, 0.15) is 48.2 Å². The SMILES string of the molecule is CCc1ccc(C(=O)c2ccc(CC(C)C)cc2)o1. The molecule has 2 aromatic rings. The molecular weight excluding hydrogens is 236 g/mol. The molecule has 1 aromatic carbocycles. The number of aryl methyl sites for hydroxylation is 1. The summed E-state index contributed by atoms with van der Waals surface area (Å²) in [5, 5.41) is 0. The highest BCUT2D eigenvalue weighted by molar-refractivity contribution is 6.07. The third-order valence-electron chi connectivity index (χ3n) is 3.09. The van der Waals surface area contributed by atoms with Crippen molar-refractivity contribution in [3.8, 4) is 0 Å². The summed E-state index contributed by atoms with van der Waals surface area (Å²) in [5.74, 6) is 1.85. The lowest BCUT2D eigenvalue weighted by Crippen LogP contribution is -2.00. The van der Waals surface area contributed by atoms with E-state index in [1.807, 2.05) is 37.3 Å². The fourth-order valence-electron chi connectivity index (χ4n) is 2.10. The average Bonchev–Trinajstić information content (AvgIpc) is 2.87. The highest BCUT2D eigenvalue weighted by Gasteiger charge is 2.13. The highest BCUT2D eigenvalue weighted by atomic mass is 16.3. The molecule has 100 valence electrons. The van der Waals surface area contributed by atoms with Crippen molar-refractivity contribution < 1.29 is 9.21 Å². The van der Waals surface area contributed by atoms with Crippen molar-refractivity contribution in [2.24, 2.45) is 5.92 Å². The number of benzene rings is 1. The van der Waals surface area contributed by atoms with Gasteiger partial charge in [0.2, 0.25) is 5.78 Å². The maximum atomic E-state index is 12.2. The van der Waals surface area contributed by atoms with Crippen LogP contribution in [0.15, 0.2) is 40.8 Å². The van der Waals surface area contributed by atoms with Crippen molar-refractivity contribution in [1.29, 1.82) is 0 Å². The topological polar surface area (TPSA) is 30.2 Å². The maximum Gasteiger partial charge on any atom is 0.228 e. The van der Waals surface area contributed by atoms with Gasteiger partial charge in [0.15, 0.2) is 5.76 Å². The molecule has 0 spiro atoms. The van der Waals surface area contributed by atoms with E-state index in [2.05, 4.69) is 13.8 Å². The number of carbonyl (C=O) groups excluding carboxylic acids is 1. The van der Waals surface area contributed by atoms with E-state index in [9.17, 15) is 4.79 Å². The van der Waals surface area contributed by atoms with Crippen molar-refractivity contribution >= 4 is 5.78 Å². The number of rotatable bonds is 5. The third-order valence-corrected chi connectivity index (χ3v) is 3.09. The highest BCUT2D eigenvalue weighted by Crippen LogP contribution is 2.16. The van der Waals surface area contributed by atoms with E-state index >= 15 is 0 Å². The van der Waals surface area contributed by atoms with Gasteiger partial charge in [-0.3, -0.25) is 4.79 Å². The van der Waals surface area contributed by atoms with Crippen LogP contribution in [0.2, 0.25) is 0 Å². The van der Waals surface area contributed by atoms with Gasteiger partial charge in [-0.2, -0.15) is 0 Å². The van der Waals surface area contributed by atoms with Crippen LogP contribution in [0.5, 0.6) is 0 Å². The molecule has 1 aromatic heterocycles. The van der Waals surface area contributed by atoms with E-state index in [0.29, 0.717) is 17.2 Å². The molecule has 0 fully saturated rings. The van der Waals surface area contributed by atoms with Gasteiger partial charge in [0.1, 0.15) is 5.76 Å². The molecule has 0 N–H and O–H groups in total. The Morgan fingerprint density at radius 1 is 1.11 bits per heavy atom. The fraction of sp³-hybridized carbons (Fsp3) is 0.353. The molecule has 0 unspecified atom stereocenters. The molecule has 0 bridgehead atoms. The van der Waals surface area contributed by atoms with Gasteiger partial charge in [0.25, 0.3) is 0 Å². The number of furan rings is 1. The third kappa shape index (κ3) is 3.34. The first-order valence-corrected chi connectivity index (χ1v) is 6.82. The summed E-state index contributed by atoms with van der Waals surface area (Å²) < 4.78 is 5.49. The molecule has 0 aliphatic rings. The zero-order chi connectivity index (χ0) is 13.8. The first-order valence-electron chi connectivity index (χ1n) is 6.82. The lowest BCUT2D eigenvalue weighted by Gasteiger charge is -2.05. The molecule has 0 aliphatic carbocycles. The first kappa shape index (κ1) is 13.6. The van der Waals surface area contributed by atoms with Gasteiger partial charge in [-0.15, -0.1) is 0 Å². The van der Waals surface area contributed by atoms with Crippen molar-refractivity contribution in [3.05, 3.63) is 59.0 Å². The van der Waals surface area contributed by atoms with Gasteiger partial charge in [0.05, 0.1) is 0 Å². The Kier molecular flexibility index (Phi) is 4.20. The normalized spacial score (nSPS) is 10.9. The number of ketones is 1. The van der Waals surface area contributed by atoms with Gasteiger partial charge >= 0.3 is 0 Å². The molecule has 1 heterocycles. The van der Waals surface area contributed by atoms with Gasteiger partial charge in [-0.05, 0) is 30.0 Å². The lowest BCUT2D eigenvalue weighted by atomic mass is 10.0. The monoisotopic (exact) mass is 256 g/mol. The molecule has 0 aliphatic heterocycles. The van der Waals surface area contributed by atoms with Crippen LogP contribution in [0.25, 0.3) is 0 Å². The second kappa shape index (κ2) is 5.87. The van der Waals surface area contributed by atoms with Crippen LogP contribution in [-0.2, 0) is 12.8 Å². The van der Waals surface area contributed by atoms with Gasteiger partial charge in [-0.1, -0.05) is 45.0 Å². The number of hydrogen-bond donors (Lipinski definition) is 0. The Morgan fingerprint density at radius 2 is 1.79 bits per heavy atom. The maximum absolute atomic E-state index is 12.2. The summed E-state index contributed by atoms with van der Waals surface area (Å²) >= 11 is 0. The van der Waals surface area contributed by atoms with Crippen LogP contribution in [0.4, 0.5) is 0 Å². The number of hydrogen-bond acceptors (Lipinski definition) is 2. The Hall–Kier alpha value is -1.83. The smallest absolute Gasteiger partial charge is 0.228 e. The Bertz CT molecular complexity index is 547. The Balaban J connectivity index is 2.15. The van der Waals surface area contributed by atoms with Gasteiger partial charge in [-0.25, -0.2) is 0 Å². The van der Waals surface area contributed by atoms with Crippen LogP contribution < -0.4 is 0 Å². The summed E-state index contributed by atoms with van der Waals surface area (Å²) in [6, 6.07) is 11.4. The fourth-order valence-corrected chi connectivity index (χ4v) is 2.10. The van der Waals surface area contributed by atoms with Crippen molar-refractivity contribution in [3.63, 3.8) is 0 Å². The summed E-state index contributed by atoms with van der Waals surface area (Å²) in [5.41, 5.74) is 1.95. The van der Waals surface area contributed by atoms with E-state index in [0.717, 1.165) is 18.6 Å². The minimum absolute atomic E-state index is 0.0456. The minimum Gasteiger partial charge on any atom is -0.458 e. The van der Waals surface area contributed by atoms with E-state index < -0.39 is 0 Å². The standard InChI is InChI=1S/C17H20O2/c1-4-15-9-10-16(19-15)17(18)14-7-5-13(6-8-14)11-12(2)3/h5-10,12H,4,11H2,1-3H3. The first-order chi connectivity index (χ1) is 9.10. The zero-order valence-corrected chi connectivity index (χ0v) is 11.8. The van der Waals surface area contributed by atoms with Crippen LogP contribution in [-0.4, -0.2) is 5.78 Å². The zero-order valence-electron chi connectivity index (χ0n) is 11.8. The van der Waals surface area contributed by atoms with E-state index in [1.165, 1.54) is 5.56 Å². The molecule has 0 saturated carbocycles. The molecule has 2 nitrogen and oxygen atoms in total. The molecule has 0 radical (unpaired) electrons. The van der Waals surface area contributed by atoms with Crippen molar-refractivity contribution in [2.45, 2.75) is 33.6 Å². The van der Waals surface area contributed by atoms with Crippen molar-refractivity contribution in [2.75, 3.05) is 0 Å². The van der Waals surface area contributed by atoms with Gasteiger partial charge in [0, 0.05) is 12.0 Å². The molecule has 0 saturated heterocycles. The summed E-state index contributed by atoms with van der Waals surface area (Å²) in [6.07, 6.45) is 1.84. The van der Waals surface area contributed by atoms with E-state index in [1.54, 1.807) is 6.07 Å². The molecule has 0 amide bonds. The predicted octanol–water partition coefficient (Wildman–Crippen LogP) is 4.27. The van der Waals surface area contributed by atoms with Crippen LogP contribution in [0.3, 0.4) is 0 Å². The minimum atomic E-state index is -0.0456. The second-order valence-corrected chi connectivity index (χ2v) is 5.24. The quantitative estimate of drug-likeness (QED) is 0.748. The Labute approximate surface area is 114 Å². The molecule has 2 rings (SSSR count). The van der Waals surface area contributed by atoms with E-state index in [4.69, 9.17) is 4.42 Å². The predicted molar refractivity (Wildman–Crippen MR) is 76.5 cm³/mol. The molecular formula is C17H20O2. The van der Waals surface area contributed by atoms with Crippen LogP contribution in [0, 0.1) is 5.92 Å². The van der Waals surface area contributed by atoms with E-state index in [-0.39, 0.29) is 5.78 Å². The largest absolute Gasteiger partial charge is 0.458 e. The summed E-state index contributed by atoms with van der Waals surface area (Å²) in [7, 11) is 0.